The molecule has 4 heteroatoms. The first-order valence-corrected chi connectivity index (χ1v) is 6.66. The fourth-order valence-electron chi connectivity index (χ4n) is 2.12. The second kappa shape index (κ2) is 8.02. The molecule has 0 spiro atoms. The second-order valence-electron chi connectivity index (χ2n) is 5.01. The van der Waals surface area contributed by atoms with E-state index in [1.165, 1.54) is 0 Å². The normalized spacial score (nSPS) is 13.9. The summed E-state index contributed by atoms with van der Waals surface area (Å²) >= 11 is 0. The molecule has 4 nitrogen and oxygen atoms in total. The molecule has 0 aromatic heterocycles. The van der Waals surface area contributed by atoms with Crippen molar-refractivity contribution in [2.45, 2.75) is 32.9 Å². The zero-order chi connectivity index (χ0) is 14.3. The van der Waals surface area contributed by atoms with Crippen LogP contribution in [0, 0.1) is 5.92 Å². The number of rotatable bonds is 8. The van der Waals surface area contributed by atoms with Crippen LogP contribution in [-0.2, 0) is 6.54 Å². The van der Waals surface area contributed by atoms with Crippen molar-refractivity contribution in [2.75, 3.05) is 20.8 Å². The molecule has 0 amide bonds. The first-order chi connectivity index (χ1) is 9.06. The molecule has 0 heterocycles. The summed E-state index contributed by atoms with van der Waals surface area (Å²) in [5, 5.41) is 12.7. The van der Waals surface area contributed by atoms with E-state index in [-0.39, 0.29) is 6.10 Å². The van der Waals surface area contributed by atoms with Crippen LogP contribution in [0.4, 0.5) is 0 Å². The van der Waals surface area contributed by atoms with Crippen LogP contribution < -0.4 is 14.8 Å². The van der Waals surface area contributed by atoms with Gasteiger partial charge < -0.3 is 19.9 Å². The lowest BCUT2D eigenvalue weighted by molar-refractivity contribution is 0.163. The summed E-state index contributed by atoms with van der Waals surface area (Å²) < 4.78 is 10.5. The number of nitrogens with one attached hydrogen (secondary N) is 1. The number of methoxy groups -OCH3 is 2. The lowest BCUT2D eigenvalue weighted by Crippen LogP contribution is -2.23. The molecule has 19 heavy (non-hydrogen) atoms. The van der Waals surface area contributed by atoms with Crippen molar-refractivity contribution in [1.82, 2.24) is 5.32 Å². The minimum atomic E-state index is -0.238. The minimum Gasteiger partial charge on any atom is -0.493 e. The Kier molecular flexibility index (Phi) is 6.67. The highest BCUT2D eigenvalue weighted by atomic mass is 16.5. The van der Waals surface area contributed by atoms with Crippen molar-refractivity contribution >= 4 is 0 Å². The minimum absolute atomic E-state index is 0.238. The van der Waals surface area contributed by atoms with Crippen molar-refractivity contribution in [1.29, 1.82) is 0 Å². The Hall–Kier alpha value is -1.26. The maximum Gasteiger partial charge on any atom is 0.161 e. The Morgan fingerprint density at radius 1 is 1.16 bits per heavy atom. The predicted octanol–water partition coefficient (Wildman–Crippen LogP) is 2.20. The molecule has 0 saturated heterocycles. The molecule has 1 aromatic rings. The van der Waals surface area contributed by atoms with Crippen LogP contribution in [0.15, 0.2) is 18.2 Å². The van der Waals surface area contributed by atoms with Crippen LogP contribution in [0.3, 0.4) is 0 Å². The van der Waals surface area contributed by atoms with Crippen molar-refractivity contribution in [2.24, 2.45) is 5.92 Å². The van der Waals surface area contributed by atoms with Gasteiger partial charge in [0.15, 0.2) is 11.5 Å². The number of ether oxygens (including phenoxy) is 2. The van der Waals surface area contributed by atoms with Gasteiger partial charge in [0, 0.05) is 6.54 Å². The molecule has 0 fully saturated rings. The highest BCUT2D eigenvalue weighted by molar-refractivity contribution is 5.42. The van der Waals surface area contributed by atoms with Crippen molar-refractivity contribution in [3.8, 4) is 11.5 Å². The summed E-state index contributed by atoms with van der Waals surface area (Å²) in [5.74, 6) is 1.95. The highest BCUT2D eigenvalue weighted by Crippen LogP contribution is 2.27. The molecule has 0 aliphatic carbocycles. The molecule has 0 aliphatic heterocycles. The molecule has 0 aliphatic rings. The number of aliphatic hydroxyl groups excluding tert-OH is 1. The first kappa shape index (κ1) is 15.8. The molecule has 108 valence electrons. The van der Waals surface area contributed by atoms with E-state index in [0.717, 1.165) is 36.6 Å². The molecule has 0 radical (unpaired) electrons. The SMILES string of the molecule is COc1ccc(CNCC(C)CC(C)O)cc1OC. The summed E-state index contributed by atoms with van der Waals surface area (Å²) in [5.41, 5.74) is 1.15. The summed E-state index contributed by atoms with van der Waals surface area (Å²) in [6.07, 6.45) is 0.580. The van der Waals surface area contributed by atoms with Crippen LogP contribution in [0.2, 0.25) is 0 Å². The molecule has 1 rings (SSSR count). The van der Waals surface area contributed by atoms with Crippen LogP contribution in [0.1, 0.15) is 25.8 Å². The van der Waals surface area contributed by atoms with E-state index in [0.29, 0.717) is 5.92 Å². The summed E-state index contributed by atoms with van der Waals surface area (Å²) in [7, 11) is 3.27. The third-order valence-corrected chi connectivity index (χ3v) is 3.01. The van der Waals surface area contributed by atoms with Crippen LogP contribution in [0.5, 0.6) is 11.5 Å². The van der Waals surface area contributed by atoms with Gasteiger partial charge >= 0.3 is 0 Å². The van der Waals surface area contributed by atoms with E-state index in [1.807, 2.05) is 25.1 Å². The molecular weight excluding hydrogens is 242 g/mol. The lowest BCUT2D eigenvalue weighted by Gasteiger charge is -2.15. The van der Waals surface area contributed by atoms with Crippen molar-refractivity contribution in [3.63, 3.8) is 0 Å². The number of hydrogen-bond acceptors (Lipinski definition) is 4. The van der Waals surface area contributed by atoms with Gasteiger partial charge in [-0.1, -0.05) is 13.0 Å². The van der Waals surface area contributed by atoms with Gasteiger partial charge in [-0.05, 0) is 43.5 Å². The van der Waals surface area contributed by atoms with E-state index >= 15 is 0 Å². The lowest BCUT2D eigenvalue weighted by atomic mass is 10.0. The fourth-order valence-corrected chi connectivity index (χ4v) is 2.12. The summed E-state index contributed by atoms with van der Waals surface area (Å²) in [4.78, 5) is 0. The Balaban J connectivity index is 2.45. The smallest absolute Gasteiger partial charge is 0.161 e. The van der Waals surface area contributed by atoms with E-state index in [1.54, 1.807) is 14.2 Å². The van der Waals surface area contributed by atoms with E-state index in [2.05, 4.69) is 12.2 Å². The second-order valence-corrected chi connectivity index (χ2v) is 5.01. The molecule has 1 aromatic carbocycles. The van der Waals surface area contributed by atoms with Crippen LogP contribution >= 0.6 is 0 Å². The average molecular weight is 267 g/mol. The Labute approximate surface area is 115 Å². The zero-order valence-electron chi connectivity index (χ0n) is 12.3. The Morgan fingerprint density at radius 2 is 1.84 bits per heavy atom. The maximum atomic E-state index is 9.31. The Morgan fingerprint density at radius 3 is 2.42 bits per heavy atom. The molecule has 2 unspecified atom stereocenters. The van der Waals surface area contributed by atoms with E-state index in [9.17, 15) is 5.11 Å². The molecule has 2 N–H and O–H groups in total. The standard InChI is InChI=1S/C15H25NO3/c1-11(7-12(2)17)9-16-10-13-5-6-14(18-3)15(8-13)19-4/h5-6,8,11-12,16-17H,7,9-10H2,1-4H3. The molecule has 0 bridgehead atoms. The van der Waals surface area contributed by atoms with Gasteiger partial charge in [0.1, 0.15) is 0 Å². The third kappa shape index (κ3) is 5.49. The molecular formula is C15H25NO3. The zero-order valence-corrected chi connectivity index (χ0v) is 12.3. The monoisotopic (exact) mass is 267 g/mol. The van der Waals surface area contributed by atoms with Gasteiger partial charge in [-0.2, -0.15) is 0 Å². The number of hydrogen-bond donors (Lipinski definition) is 2. The quantitative estimate of drug-likeness (QED) is 0.758. The van der Waals surface area contributed by atoms with Crippen LogP contribution in [0.25, 0.3) is 0 Å². The third-order valence-electron chi connectivity index (χ3n) is 3.01. The first-order valence-electron chi connectivity index (χ1n) is 6.66. The highest BCUT2D eigenvalue weighted by Gasteiger charge is 2.07. The van der Waals surface area contributed by atoms with Crippen molar-refractivity contribution < 1.29 is 14.6 Å². The largest absolute Gasteiger partial charge is 0.493 e. The van der Waals surface area contributed by atoms with Gasteiger partial charge in [0.05, 0.1) is 20.3 Å². The van der Waals surface area contributed by atoms with Crippen LogP contribution in [-0.4, -0.2) is 32.0 Å². The fraction of sp³-hybridized carbons (Fsp3) is 0.600. The topological polar surface area (TPSA) is 50.7 Å². The summed E-state index contributed by atoms with van der Waals surface area (Å²) in [6, 6.07) is 5.91. The van der Waals surface area contributed by atoms with Gasteiger partial charge in [-0.25, -0.2) is 0 Å². The van der Waals surface area contributed by atoms with Gasteiger partial charge in [0.2, 0.25) is 0 Å². The van der Waals surface area contributed by atoms with Crippen molar-refractivity contribution in [3.05, 3.63) is 23.8 Å². The Bertz CT molecular complexity index is 380. The number of benzene rings is 1. The average Bonchev–Trinajstić information content (AvgIpc) is 2.37. The number of aliphatic hydroxyl groups is 1. The van der Waals surface area contributed by atoms with Gasteiger partial charge in [0.25, 0.3) is 0 Å². The van der Waals surface area contributed by atoms with Gasteiger partial charge in [-0.3, -0.25) is 0 Å². The summed E-state index contributed by atoms with van der Waals surface area (Å²) in [6.45, 7) is 5.63. The van der Waals surface area contributed by atoms with E-state index in [4.69, 9.17) is 9.47 Å². The molecule has 2 atom stereocenters. The van der Waals surface area contributed by atoms with Gasteiger partial charge in [-0.15, -0.1) is 0 Å². The maximum absolute atomic E-state index is 9.31. The molecule has 0 saturated carbocycles. The van der Waals surface area contributed by atoms with E-state index < -0.39 is 0 Å². The predicted molar refractivity (Wildman–Crippen MR) is 76.7 cm³/mol.